The number of amides is 1. The molecule has 6 N–H and O–H groups in total. The van der Waals surface area contributed by atoms with E-state index in [-0.39, 0.29) is 5.56 Å². The quantitative estimate of drug-likeness (QED) is 0.262. The molecule has 0 saturated heterocycles. The number of ether oxygens (including phenoxy) is 1. The smallest absolute Gasteiger partial charge is 0.353 e. The van der Waals surface area contributed by atoms with E-state index in [0.717, 1.165) is 6.07 Å². The van der Waals surface area contributed by atoms with Crippen molar-refractivity contribution < 1.29 is 34.4 Å². The Labute approximate surface area is 124 Å². The van der Waals surface area contributed by atoms with E-state index < -0.39 is 47.7 Å². The number of hydrogen-bond acceptors (Lipinski definition) is 7. The minimum Gasteiger partial charge on any atom is -0.504 e. The Morgan fingerprint density at radius 3 is 2.50 bits per heavy atom. The maximum atomic E-state index is 11.9. The second-order valence-electron chi connectivity index (χ2n) is 4.16. The van der Waals surface area contributed by atoms with Crippen molar-refractivity contribution in [3.8, 4) is 11.5 Å². The third-order valence-corrected chi connectivity index (χ3v) is 2.51. The van der Waals surface area contributed by atoms with Gasteiger partial charge >= 0.3 is 11.9 Å². The maximum Gasteiger partial charge on any atom is 0.353 e. The van der Waals surface area contributed by atoms with Crippen LogP contribution in [0.5, 0.6) is 11.5 Å². The minimum absolute atomic E-state index is 0.333. The summed E-state index contributed by atoms with van der Waals surface area (Å²) in [5.41, 5.74) is 4.31. The number of phenolic OH excluding ortho intramolecular Hbond substituents is 2. The van der Waals surface area contributed by atoms with Crippen LogP contribution in [0.3, 0.4) is 0 Å². The van der Waals surface area contributed by atoms with Crippen LogP contribution in [-0.4, -0.2) is 45.8 Å². The molecule has 22 heavy (non-hydrogen) atoms. The molecule has 9 nitrogen and oxygen atoms in total. The van der Waals surface area contributed by atoms with Crippen LogP contribution in [0.4, 0.5) is 0 Å². The highest BCUT2D eigenvalue weighted by Crippen LogP contribution is 2.27. The van der Waals surface area contributed by atoms with Crippen LogP contribution >= 0.6 is 0 Å². The van der Waals surface area contributed by atoms with Gasteiger partial charge in [-0.15, -0.1) is 0 Å². The Kier molecular flexibility index (Phi) is 5.33. The zero-order chi connectivity index (χ0) is 16.9. The number of para-hydroxylation sites is 1. The van der Waals surface area contributed by atoms with Gasteiger partial charge in [0.25, 0.3) is 5.91 Å². The van der Waals surface area contributed by atoms with E-state index in [0.29, 0.717) is 0 Å². The van der Waals surface area contributed by atoms with Gasteiger partial charge in [-0.05, 0) is 12.1 Å². The average Bonchev–Trinajstić information content (AvgIpc) is 2.45. The van der Waals surface area contributed by atoms with Crippen LogP contribution in [0, 0.1) is 0 Å². The molecule has 0 aromatic heterocycles. The van der Waals surface area contributed by atoms with E-state index in [9.17, 15) is 24.6 Å². The van der Waals surface area contributed by atoms with E-state index in [1.54, 1.807) is 0 Å². The second-order valence-corrected chi connectivity index (χ2v) is 4.16. The summed E-state index contributed by atoms with van der Waals surface area (Å²) in [4.78, 5) is 34.0. The summed E-state index contributed by atoms with van der Waals surface area (Å²) in [6, 6.07) is 2.04. The number of nitrogens with two attached hydrogens (primary N) is 1. The fourth-order valence-corrected chi connectivity index (χ4v) is 1.38. The van der Waals surface area contributed by atoms with Gasteiger partial charge in [-0.3, -0.25) is 4.79 Å². The monoisotopic (exact) mass is 310 g/mol. The first-order valence-corrected chi connectivity index (χ1v) is 5.90. The predicted octanol–water partition coefficient (Wildman–Crippen LogP) is -0.704. The molecule has 1 atom stereocenters. The van der Waals surface area contributed by atoms with Crippen molar-refractivity contribution in [1.29, 1.82) is 0 Å². The highest BCUT2D eigenvalue weighted by Gasteiger charge is 2.24. The van der Waals surface area contributed by atoms with E-state index >= 15 is 0 Å². The van der Waals surface area contributed by atoms with Gasteiger partial charge in [-0.2, -0.15) is 0 Å². The molecule has 0 bridgehead atoms. The molecule has 1 rings (SSSR count). The van der Waals surface area contributed by atoms with E-state index in [2.05, 4.69) is 11.3 Å². The lowest BCUT2D eigenvalue weighted by Crippen LogP contribution is -2.44. The van der Waals surface area contributed by atoms with Gasteiger partial charge in [0.05, 0.1) is 5.56 Å². The van der Waals surface area contributed by atoms with Crippen molar-refractivity contribution in [3.63, 3.8) is 0 Å². The first-order chi connectivity index (χ1) is 10.2. The summed E-state index contributed by atoms with van der Waals surface area (Å²) >= 11 is 0. The number of esters is 1. The third-order valence-electron chi connectivity index (χ3n) is 2.51. The van der Waals surface area contributed by atoms with Crippen LogP contribution in [0.1, 0.15) is 10.4 Å². The number of hydrogen-bond donors (Lipinski definition) is 5. The number of carboxylic acid groups (broad SMARTS) is 1. The summed E-state index contributed by atoms with van der Waals surface area (Å²) in [7, 11) is 0. The Bertz CT molecular complexity index is 627. The minimum atomic E-state index is -1.57. The molecule has 118 valence electrons. The van der Waals surface area contributed by atoms with Crippen LogP contribution in [-0.2, 0) is 14.3 Å². The van der Waals surface area contributed by atoms with Crippen molar-refractivity contribution in [1.82, 2.24) is 5.32 Å². The van der Waals surface area contributed by atoms with Crippen molar-refractivity contribution in [2.75, 3.05) is 6.61 Å². The number of nitrogens with one attached hydrogen (secondary N) is 1. The lowest BCUT2D eigenvalue weighted by atomic mass is 10.1. The van der Waals surface area contributed by atoms with Gasteiger partial charge in [-0.25, -0.2) is 9.59 Å². The first kappa shape index (κ1) is 16.8. The van der Waals surface area contributed by atoms with Gasteiger partial charge in [0.15, 0.2) is 17.5 Å². The number of carboxylic acids is 1. The van der Waals surface area contributed by atoms with Gasteiger partial charge in [-0.1, -0.05) is 12.6 Å². The number of aromatic hydroxyl groups is 2. The lowest BCUT2D eigenvalue weighted by Gasteiger charge is -2.15. The molecular weight excluding hydrogens is 296 g/mol. The van der Waals surface area contributed by atoms with E-state index in [4.69, 9.17) is 10.8 Å². The molecule has 1 aromatic rings. The van der Waals surface area contributed by atoms with Gasteiger partial charge < -0.3 is 31.1 Å². The van der Waals surface area contributed by atoms with Crippen LogP contribution in [0.25, 0.3) is 0 Å². The predicted molar refractivity (Wildman–Crippen MR) is 72.9 cm³/mol. The Hall–Kier alpha value is -3.23. The Balaban J connectivity index is 2.80. The second kappa shape index (κ2) is 6.97. The molecule has 0 aliphatic heterocycles. The van der Waals surface area contributed by atoms with Crippen LogP contribution < -0.4 is 11.1 Å². The molecule has 0 aliphatic rings. The lowest BCUT2D eigenvalue weighted by molar-refractivity contribution is -0.145. The van der Waals surface area contributed by atoms with Crippen molar-refractivity contribution in [3.05, 3.63) is 36.0 Å². The fraction of sp³-hybridized carbons (Fsp3) is 0.154. The molecule has 0 heterocycles. The average molecular weight is 310 g/mol. The zero-order valence-electron chi connectivity index (χ0n) is 11.3. The van der Waals surface area contributed by atoms with Crippen LogP contribution in [0.15, 0.2) is 30.5 Å². The van der Waals surface area contributed by atoms with Crippen molar-refractivity contribution >= 4 is 17.8 Å². The normalized spacial score (nSPS) is 11.3. The van der Waals surface area contributed by atoms with E-state index in [1.165, 1.54) is 12.1 Å². The first-order valence-electron chi connectivity index (χ1n) is 5.90. The highest BCUT2D eigenvalue weighted by atomic mass is 16.5. The highest BCUT2D eigenvalue weighted by molar-refractivity contribution is 5.99. The number of phenols is 2. The Morgan fingerprint density at radius 1 is 1.32 bits per heavy atom. The summed E-state index contributed by atoms with van der Waals surface area (Å²) in [6.45, 7) is 2.43. The molecule has 9 heteroatoms. The van der Waals surface area contributed by atoms with Crippen molar-refractivity contribution in [2.45, 2.75) is 6.04 Å². The van der Waals surface area contributed by atoms with E-state index in [1.807, 2.05) is 5.32 Å². The standard InChI is InChI=1S/C13H14N2O7/c1-6(14)13(21)22-5-8(12(19)20)15-11(18)7-3-2-4-9(16)10(7)17/h2-4,8,16-17H,1,5,14H2,(H,15,18)(H,19,20)/t8-/m0/s1. The summed E-state index contributed by atoms with van der Waals surface area (Å²) in [6.07, 6.45) is 0. The summed E-state index contributed by atoms with van der Waals surface area (Å²) in [5.74, 6) is -4.69. The molecule has 0 aliphatic carbocycles. The molecule has 0 saturated carbocycles. The summed E-state index contributed by atoms with van der Waals surface area (Å²) < 4.78 is 4.55. The molecule has 1 amide bonds. The molecule has 0 unspecified atom stereocenters. The number of carbonyl (C=O) groups excluding carboxylic acids is 2. The van der Waals surface area contributed by atoms with Crippen molar-refractivity contribution in [2.24, 2.45) is 5.73 Å². The summed E-state index contributed by atoms with van der Waals surface area (Å²) in [5, 5.41) is 29.8. The molecule has 0 spiro atoms. The number of carbonyl (C=O) groups is 3. The fourth-order valence-electron chi connectivity index (χ4n) is 1.38. The largest absolute Gasteiger partial charge is 0.504 e. The molecule has 0 radical (unpaired) electrons. The topological polar surface area (TPSA) is 159 Å². The SMILES string of the molecule is C=C(N)C(=O)OC[C@H](NC(=O)c1cccc(O)c1O)C(=O)O. The molecule has 1 aromatic carbocycles. The van der Waals surface area contributed by atoms with Gasteiger partial charge in [0.1, 0.15) is 12.3 Å². The number of aliphatic carboxylic acids is 1. The Morgan fingerprint density at radius 2 is 1.95 bits per heavy atom. The molecule has 0 fully saturated rings. The molecular formula is C13H14N2O7. The number of rotatable bonds is 6. The third kappa shape index (κ3) is 4.13. The zero-order valence-corrected chi connectivity index (χ0v) is 11.3. The van der Waals surface area contributed by atoms with Gasteiger partial charge in [0, 0.05) is 0 Å². The van der Waals surface area contributed by atoms with Gasteiger partial charge in [0.2, 0.25) is 0 Å². The van der Waals surface area contributed by atoms with Crippen LogP contribution in [0.2, 0.25) is 0 Å². The number of benzene rings is 1. The maximum absolute atomic E-state index is 11.9.